The molecule has 11 aliphatic carbocycles. The van der Waals surface area contributed by atoms with Gasteiger partial charge in [-0.05, 0) is 251 Å². The molecule has 11 aliphatic rings. The van der Waals surface area contributed by atoms with E-state index < -0.39 is 10.8 Å². The van der Waals surface area contributed by atoms with Crippen LogP contribution >= 0.6 is 0 Å². The predicted molar refractivity (Wildman–Crippen MR) is 404 cm³/mol. The summed E-state index contributed by atoms with van der Waals surface area (Å²) < 4.78 is 50.8. The first kappa shape index (κ1) is 96.7. The highest BCUT2D eigenvalue weighted by Gasteiger charge is 2.57. The van der Waals surface area contributed by atoms with Gasteiger partial charge < -0.3 is 42.6 Å². The van der Waals surface area contributed by atoms with Crippen molar-refractivity contribution in [3.63, 3.8) is 0 Å². The molecule has 11 rings (SSSR count). The highest BCUT2D eigenvalue weighted by atomic mass is 16.7. The van der Waals surface area contributed by atoms with Gasteiger partial charge in [0.1, 0.15) is 41.2 Å². The van der Waals surface area contributed by atoms with E-state index in [-0.39, 0.29) is 214 Å². The summed E-state index contributed by atoms with van der Waals surface area (Å²) >= 11 is 0. The summed E-state index contributed by atoms with van der Waals surface area (Å²) in [6, 6.07) is 0. The molecule has 11 fully saturated rings. The molecule has 18 unspecified atom stereocenters. The van der Waals surface area contributed by atoms with Crippen LogP contribution in [0.3, 0.4) is 0 Å². The van der Waals surface area contributed by atoms with Gasteiger partial charge >= 0.3 is 47.8 Å². The van der Waals surface area contributed by atoms with Crippen molar-refractivity contribution in [2.75, 3.05) is 13.9 Å². The van der Waals surface area contributed by atoms with Crippen LogP contribution in [0.1, 0.15) is 342 Å². The average molecular weight is 1440 g/mol. The zero-order valence-corrected chi connectivity index (χ0v) is 59.8. The number of carbonyl (C=O) groups excluding carboxylic acids is 8. The Morgan fingerprint density at radius 2 is 0.663 bits per heavy atom. The zero-order chi connectivity index (χ0) is 67.8. The molecule has 17 nitrogen and oxygen atoms in total. The van der Waals surface area contributed by atoms with E-state index in [1.54, 1.807) is 0 Å². The summed E-state index contributed by atoms with van der Waals surface area (Å²) in [5, 5.41) is 0. The van der Waals surface area contributed by atoms with Crippen LogP contribution in [0.15, 0.2) is 0 Å². The van der Waals surface area contributed by atoms with Gasteiger partial charge in [-0.2, -0.15) is 0 Å². The largest absolute Gasteiger partial charge is 0.462 e. The van der Waals surface area contributed by atoms with Gasteiger partial charge in [0, 0.05) is 30.8 Å². The van der Waals surface area contributed by atoms with Gasteiger partial charge in [0.25, 0.3) is 0 Å². The van der Waals surface area contributed by atoms with Gasteiger partial charge in [-0.25, -0.2) is 0 Å². The monoisotopic (exact) mass is 1440 g/mol. The molecule has 0 heterocycles. The van der Waals surface area contributed by atoms with Gasteiger partial charge in [-0.3, -0.25) is 38.4 Å². The van der Waals surface area contributed by atoms with Crippen LogP contribution in [0.25, 0.3) is 0 Å². The van der Waals surface area contributed by atoms with Gasteiger partial charge in [0.15, 0.2) is 6.79 Å². The number of methoxy groups -OCH3 is 1. The molecule has 0 radical (unpaired) electrons. The number of hydrogen-bond acceptors (Lipinski definition) is 17. The topological polar surface area (TPSA) is 220 Å². The predicted octanol–water partition coefficient (Wildman–Crippen LogP) is 20.4. The second-order valence-electron chi connectivity index (χ2n) is 32.6. The van der Waals surface area contributed by atoms with Gasteiger partial charge in [-0.1, -0.05) is 115 Å². The Morgan fingerprint density at radius 3 is 0.931 bits per heavy atom. The molecular weight excluding hydrogens is 1280 g/mol. The van der Waals surface area contributed by atoms with E-state index in [0.717, 1.165) is 193 Å². The number of esters is 8. The Labute approximate surface area is 616 Å². The maximum atomic E-state index is 12.9. The van der Waals surface area contributed by atoms with Gasteiger partial charge in [0.05, 0.1) is 46.3 Å². The fraction of sp³-hybridized carbons (Fsp3) is 0.905. The molecule has 0 N–H and O–H groups in total. The van der Waals surface area contributed by atoms with E-state index in [2.05, 4.69) is 20.8 Å². The molecule has 0 aromatic carbocycles. The lowest BCUT2D eigenvalue weighted by atomic mass is 9.85. The highest BCUT2D eigenvalue weighted by Crippen LogP contribution is 2.55. The molecule has 592 valence electrons. The van der Waals surface area contributed by atoms with Crippen molar-refractivity contribution < 1.29 is 81.0 Å². The van der Waals surface area contributed by atoms with Crippen molar-refractivity contribution in [2.24, 2.45) is 93.7 Å². The standard InChI is InChI=1S/C21H34O4.C20H32O4.C19H30O4.C16H26O5.8CH4/c1-5-20(3,4)19(23)24-17-13-14-11-15(17)16(12-14)18(22)25-21(6-2)9-7-8-10-21;1-4-13(3)18(21)23-17-12-14-10-15(17)16(11-14)19(22)24-20(5-2)8-6-7-9-20;1-4-12(2)17(20)22-16-11-13-9-14(16)15(10-13)18(21)23-19(3)7-5-6-8-19;1-5-16(2,3)15(18)21-13-8-10-6-11(13)12(7-10)14(17)20-9-19-4;;;;;;;;/h14-17H,5-13H2,1-4H3;13-17H,4-12H2,1-3H3;12-16H,4-11H2,1-3H3;10-13H,5-9H2,1-4H3;8*1H4. The van der Waals surface area contributed by atoms with Crippen LogP contribution in [0, 0.1) is 93.7 Å². The lowest BCUT2D eigenvalue weighted by Crippen LogP contribution is -2.40. The van der Waals surface area contributed by atoms with Gasteiger partial charge in [-0.15, -0.1) is 0 Å². The summed E-state index contributed by atoms with van der Waals surface area (Å²) in [7, 11) is 1.49. The molecule has 0 spiro atoms. The first-order valence-corrected chi connectivity index (χ1v) is 37.3. The van der Waals surface area contributed by atoms with Crippen molar-refractivity contribution >= 4 is 47.8 Å². The van der Waals surface area contributed by atoms with Crippen LogP contribution < -0.4 is 0 Å². The number of ether oxygens (including phenoxy) is 9. The lowest BCUT2D eigenvalue weighted by molar-refractivity contribution is -0.174. The fourth-order valence-electron chi connectivity index (χ4n) is 18.0. The van der Waals surface area contributed by atoms with Crippen LogP contribution in [-0.2, 0) is 81.0 Å². The zero-order valence-electron chi connectivity index (χ0n) is 59.8. The van der Waals surface area contributed by atoms with Crippen LogP contribution in [0.4, 0.5) is 0 Å². The lowest BCUT2D eigenvalue weighted by Gasteiger charge is -2.34. The third-order valence-corrected chi connectivity index (χ3v) is 25.5. The molecule has 18 atom stereocenters. The van der Waals surface area contributed by atoms with Crippen molar-refractivity contribution in [3.8, 4) is 0 Å². The number of hydrogen-bond donors (Lipinski definition) is 0. The van der Waals surface area contributed by atoms with E-state index >= 15 is 0 Å². The Morgan fingerprint density at radius 1 is 0.386 bits per heavy atom. The van der Waals surface area contributed by atoms with E-state index in [4.69, 9.17) is 42.6 Å². The maximum absolute atomic E-state index is 12.9. The first-order chi connectivity index (χ1) is 44.1. The Balaban J connectivity index is 0.00000129. The fourth-order valence-corrected chi connectivity index (χ4v) is 18.0. The third kappa shape index (κ3) is 23.4. The van der Waals surface area contributed by atoms with Crippen molar-refractivity contribution in [1.29, 1.82) is 0 Å². The Hall–Kier alpha value is -4.28. The molecule has 0 saturated heterocycles. The second kappa shape index (κ2) is 41.6. The number of carbonyl (C=O) groups is 8. The minimum Gasteiger partial charge on any atom is -0.462 e. The van der Waals surface area contributed by atoms with Crippen LogP contribution in [0.2, 0.25) is 0 Å². The summed E-state index contributed by atoms with van der Waals surface area (Å²) in [5.74, 6) is 1.29. The summed E-state index contributed by atoms with van der Waals surface area (Å²) in [4.78, 5) is 99.2. The molecular formula is C84H154O17. The van der Waals surface area contributed by atoms with Crippen molar-refractivity contribution in [2.45, 2.75) is 383 Å². The van der Waals surface area contributed by atoms with Crippen molar-refractivity contribution in [3.05, 3.63) is 0 Å². The maximum Gasteiger partial charge on any atom is 0.311 e. The molecule has 17 heteroatoms. The molecule has 0 aliphatic heterocycles. The number of fused-ring (bicyclic) bond motifs is 8. The highest BCUT2D eigenvalue weighted by molar-refractivity contribution is 5.79. The normalized spacial score (nSPS) is 31.3. The second-order valence-corrected chi connectivity index (χ2v) is 32.6. The third-order valence-electron chi connectivity index (χ3n) is 25.5. The van der Waals surface area contributed by atoms with E-state index in [9.17, 15) is 38.4 Å². The first-order valence-electron chi connectivity index (χ1n) is 37.3. The van der Waals surface area contributed by atoms with Crippen molar-refractivity contribution in [1.82, 2.24) is 0 Å². The quantitative estimate of drug-likeness (QED) is 0.0527. The minimum absolute atomic E-state index is 0. The molecule has 0 amide bonds. The Kier molecular flexibility index (Phi) is 39.8. The van der Waals surface area contributed by atoms with E-state index in [0.29, 0.717) is 23.7 Å². The Bertz CT molecular complexity index is 2560. The molecule has 101 heavy (non-hydrogen) atoms. The average Bonchev–Trinajstić information content (AvgIpc) is 1.65. The van der Waals surface area contributed by atoms with Crippen LogP contribution in [-0.4, -0.2) is 103 Å². The van der Waals surface area contributed by atoms with E-state index in [1.165, 1.54) is 7.11 Å². The molecule has 8 bridgehead atoms. The molecule has 0 aromatic rings. The molecule has 0 aromatic heterocycles. The summed E-state index contributed by atoms with van der Waals surface area (Å²) in [6.07, 6.45) is 28.6. The smallest absolute Gasteiger partial charge is 0.311 e. The molecule has 11 saturated carbocycles. The van der Waals surface area contributed by atoms with Crippen LogP contribution in [0.5, 0.6) is 0 Å². The van der Waals surface area contributed by atoms with Gasteiger partial charge in [0.2, 0.25) is 0 Å². The summed E-state index contributed by atoms with van der Waals surface area (Å²) in [5.41, 5.74) is -1.62. The van der Waals surface area contributed by atoms with E-state index in [1.807, 2.05) is 69.2 Å². The SMILES string of the molecule is C.C.C.C.C.C.C.C.CCC(C)(C)C(=O)OC1CC2CC(C(=O)OCOC)C1C2.CCC(C)C(=O)OC1CC2CC(C(=O)OC3(C)CCCC3)C1C2.CCC(C)C(=O)OC1CC2CC(C(=O)OC3(CC)CCCC3)C1C2.CCC1(OC(=O)C2CC3CC(OC(=O)C(C)(C)CC)C2C3)CCCC1. The minimum atomic E-state index is -0.464. The summed E-state index contributed by atoms with van der Waals surface area (Å²) in [6.45, 7) is 25.7. The number of rotatable bonds is 23.